The maximum absolute atomic E-state index is 13.0. The number of aromatic amines is 1. The summed E-state index contributed by atoms with van der Waals surface area (Å²) in [5.74, 6) is 0. The highest BCUT2D eigenvalue weighted by Gasteiger charge is 2.30. The third-order valence-electron chi connectivity index (χ3n) is 4.55. The summed E-state index contributed by atoms with van der Waals surface area (Å²) in [5, 5.41) is 9.04. The van der Waals surface area contributed by atoms with E-state index in [0.717, 1.165) is 17.7 Å². The fourth-order valence-electron chi connectivity index (χ4n) is 3.15. The Morgan fingerprint density at radius 2 is 1.86 bits per heavy atom. The monoisotopic (exact) mass is 394 g/mol. The van der Waals surface area contributed by atoms with Gasteiger partial charge in [0.15, 0.2) is 5.65 Å². The van der Waals surface area contributed by atoms with Crippen molar-refractivity contribution in [2.75, 3.05) is 0 Å². The van der Waals surface area contributed by atoms with Crippen LogP contribution in [0.25, 0.3) is 22.3 Å². The molecule has 29 heavy (non-hydrogen) atoms. The van der Waals surface area contributed by atoms with Crippen molar-refractivity contribution in [3.05, 3.63) is 88.0 Å². The molecule has 0 spiro atoms. The molecule has 0 saturated heterocycles. The van der Waals surface area contributed by atoms with Gasteiger partial charge in [0.05, 0.1) is 29.3 Å². The van der Waals surface area contributed by atoms with Crippen LogP contribution < -0.4 is 5.69 Å². The molecule has 0 aliphatic heterocycles. The molecule has 144 valence electrons. The Morgan fingerprint density at radius 1 is 1.07 bits per heavy atom. The molecule has 2 aromatic heterocycles. The van der Waals surface area contributed by atoms with Gasteiger partial charge in [0.1, 0.15) is 0 Å². The molecule has 2 aromatic carbocycles. The van der Waals surface area contributed by atoms with E-state index in [0.29, 0.717) is 27.9 Å². The third-order valence-corrected chi connectivity index (χ3v) is 4.55. The molecule has 5 nitrogen and oxygen atoms in total. The number of H-pyrrole nitrogens is 1. The fraction of sp³-hybridized carbons (Fsp3) is 0.0952. The zero-order valence-corrected chi connectivity index (χ0v) is 14.9. The van der Waals surface area contributed by atoms with E-state index in [9.17, 15) is 18.0 Å². The lowest BCUT2D eigenvalue weighted by molar-refractivity contribution is -0.137. The van der Waals surface area contributed by atoms with Crippen molar-refractivity contribution in [3.63, 3.8) is 0 Å². The van der Waals surface area contributed by atoms with E-state index in [1.165, 1.54) is 16.8 Å². The molecule has 0 radical (unpaired) electrons. The van der Waals surface area contributed by atoms with Crippen LogP contribution in [0.3, 0.4) is 0 Å². The van der Waals surface area contributed by atoms with Crippen molar-refractivity contribution in [1.29, 1.82) is 5.26 Å². The van der Waals surface area contributed by atoms with Crippen LogP contribution in [-0.2, 0) is 12.7 Å². The van der Waals surface area contributed by atoms with Crippen LogP contribution in [0.5, 0.6) is 0 Å². The Kier molecular flexibility index (Phi) is 4.43. The van der Waals surface area contributed by atoms with Crippen molar-refractivity contribution >= 4 is 11.2 Å². The SMILES string of the molecule is N#Cc1cccc(Cn2c(=O)[nH]c3ncc(-c4cccc(C(F)(F)F)c4)cc32)c1. The number of benzene rings is 2. The van der Waals surface area contributed by atoms with E-state index >= 15 is 0 Å². The predicted octanol–water partition coefficient (Wildman–Crippen LogP) is 4.33. The zero-order valence-electron chi connectivity index (χ0n) is 14.9. The molecule has 0 aliphatic carbocycles. The Balaban J connectivity index is 1.79. The maximum atomic E-state index is 13.0. The number of aromatic nitrogens is 3. The summed E-state index contributed by atoms with van der Waals surface area (Å²) in [6.45, 7) is 0.197. The average Bonchev–Trinajstić information content (AvgIpc) is 3.02. The summed E-state index contributed by atoms with van der Waals surface area (Å²) < 4.78 is 40.5. The number of halogens is 3. The first-order chi connectivity index (χ1) is 13.8. The van der Waals surface area contributed by atoms with Gasteiger partial charge in [-0.05, 0) is 41.5 Å². The van der Waals surface area contributed by atoms with Crippen LogP contribution in [0.1, 0.15) is 16.7 Å². The van der Waals surface area contributed by atoms with Crippen molar-refractivity contribution in [3.8, 4) is 17.2 Å². The number of alkyl halides is 3. The highest BCUT2D eigenvalue weighted by Crippen LogP contribution is 2.32. The quantitative estimate of drug-likeness (QED) is 0.562. The molecule has 4 aromatic rings. The second kappa shape index (κ2) is 6.95. The first-order valence-corrected chi connectivity index (χ1v) is 8.60. The average molecular weight is 394 g/mol. The lowest BCUT2D eigenvalue weighted by Crippen LogP contribution is -2.17. The van der Waals surface area contributed by atoms with Gasteiger partial charge >= 0.3 is 11.9 Å². The molecule has 8 heteroatoms. The van der Waals surface area contributed by atoms with E-state index in [1.807, 2.05) is 6.07 Å². The number of hydrogen-bond donors (Lipinski definition) is 1. The molecule has 0 saturated carbocycles. The van der Waals surface area contributed by atoms with E-state index in [1.54, 1.807) is 36.4 Å². The molecule has 1 N–H and O–H groups in total. The number of imidazole rings is 1. The van der Waals surface area contributed by atoms with Crippen LogP contribution in [0, 0.1) is 11.3 Å². The molecule has 0 unspecified atom stereocenters. The van der Waals surface area contributed by atoms with E-state index in [4.69, 9.17) is 5.26 Å². The first-order valence-electron chi connectivity index (χ1n) is 8.60. The fourth-order valence-corrected chi connectivity index (χ4v) is 3.15. The van der Waals surface area contributed by atoms with Crippen molar-refractivity contribution in [1.82, 2.24) is 14.5 Å². The number of pyridine rings is 1. The molecule has 0 atom stereocenters. The molecule has 2 heterocycles. The van der Waals surface area contributed by atoms with Crippen LogP contribution in [0.4, 0.5) is 13.2 Å². The Hall–Kier alpha value is -3.86. The van der Waals surface area contributed by atoms with Gasteiger partial charge in [-0.1, -0.05) is 24.3 Å². The second-order valence-corrected chi connectivity index (χ2v) is 6.50. The normalized spacial score (nSPS) is 11.5. The summed E-state index contributed by atoms with van der Waals surface area (Å²) in [4.78, 5) is 19.2. The molecule has 4 rings (SSSR count). The highest BCUT2D eigenvalue weighted by molar-refractivity contribution is 5.78. The highest BCUT2D eigenvalue weighted by atomic mass is 19.4. The van der Waals surface area contributed by atoms with Gasteiger partial charge in [-0.15, -0.1) is 0 Å². The number of nitriles is 1. The minimum Gasteiger partial charge on any atom is -0.290 e. The second-order valence-electron chi connectivity index (χ2n) is 6.50. The van der Waals surface area contributed by atoms with Crippen molar-refractivity contribution in [2.24, 2.45) is 0 Å². The molecular formula is C21H13F3N4O. The van der Waals surface area contributed by atoms with Gasteiger partial charge in [-0.3, -0.25) is 9.55 Å². The van der Waals surface area contributed by atoms with Crippen LogP contribution >= 0.6 is 0 Å². The molecule has 0 amide bonds. The van der Waals surface area contributed by atoms with E-state index in [2.05, 4.69) is 9.97 Å². The summed E-state index contributed by atoms with van der Waals surface area (Å²) in [7, 11) is 0. The number of nitrogens with zero attached hydrogens (tertiary/aromatic N) is 3. The smallest absolute Gasteiger partial charge is 0.290 e. The maximum Gasteiger partial charge on any atom is 0.416 e. The number of nitrogens with one attached hydrogen (secondary N) is 1. The molecule has 0 aliphatic rings. The number of rotatable bonds is 3. The summed E-state index contributed by atoms with van der Waals surface area (Å²) in [6, 6.07) is 15.5. The molecule has 0 bridgehead atoms. The lowest BCUT2D eigenvalue weighted by Gasteiger charge is -2.09. The molecule has 0 fully saturated rings. The number of hydrogen-bond acceptors (Lipinski definition) is 3. The largest absolute Gasteiger partial charge is 0.416 e. The van der Waals surface area contributed by atoms with Crippen molar-refractivity contribution in [2.45, 2.75) is 12.7 Å². The minimum atomic E-state index is -4.45. The molecular weight excluding hydrogens is 381 g/mol. The van der Waals surface area contributed by atoms with Gasteiger partial charge in [-0.2, -0.15) is 18.4 Å². The van der Waals surface area contributed by atoms with Crippen LogP contribution in [0.2, 0.25) is 0 Å². The first kappa shape index (κ1) is 18.5. The van der Waals surface area contributed by atoms with Gasteiger partial charge < -0.3 is 0 Å². The van der Waals surface area contributed by atoms with Crippen molar-refractivity contribution < 1.29 is 13.2 Å². The summed E-state index contributed by atoms with van der Waals surface area (Å²) in [5.41, 5.74) is 1.68. The topological polar surface area (TPSA) is 74.5 Å². The summed E-state index contributed by atoms with van der Waals surface area (Å²) in [6.07, 6.45) is -3.02. The Morgan fingerprint density at radius 3 is 2.62 bits per heavy atom. The van der Waals surface area contributed by atoms with E-state index in [-0.39, 0.29) is 6.54 Å². The summed E-state index contributed by atoms with van der Waals surface area (Å²) >= 11 is 0. The predicted molar refractivity (Wildman–Crippen MR) is 101 cm³/mol. The number of fused-ring (bicyclic) bond motifs is 1. The van der Waals surface area contributed by atoms with Gasteiger partial charge in [0.2, 0.25) is 0 Å². The van der Waals surface area contributed by atoms with Gasteiger partial charge in [0, 0.05) is 11.8 Å². The van der Waals surface area contributed by atoms with Gasteiger partial charge in [-0.25, -0.2) is 9.78 Å². The van der Waals surface area contributed by atoms with Gasteiger partial charge in [0.25, 0.3) is 0 Å². The lowest BCUT2D eigenvalue weighted by atomic mass is 10.0. The van der Waals surface area contributed by atoms with E-state index < -0.39 is 17.4 Å². The Labute approximate surface area is 162 Å². The van der Waals surface area contributed by atoms with Crippen LogP contribution in [-0.4, -0.2) is 14.5 Å². The third kappa shape index (κ3) is 3.62. The standard InChI is InChI=1S/C21H13F3N4O/c22-21(23,24)17-6-2-5-15(8-17)16-9-18-19(26-11-16)27-20(29)28(18)12-14-4-1-3-13(7-14)10-25/h1-9,11H,12H2,(H,26,27,29). The van der Waals surface area contributed by atoms with Crippen LogP contribution in [0.15, 0.2) is 65.6 Å². The zero-order chi connectivity index (χ0) is 20.6. The Bertz CT molecular complexity index is 1310. The minimum absolute atomic E-state index is 0.197.